The molecule has 1 aromatic heterocycles. The first kappa shape index (κ1) is 13.9. The lowest BCUT2D eigenvalue weighted by Crippen LogP contribution is -2.24. The Labute approximate surface area is 117 Å². The van der Waals surface area contributed by atoms with Gasteiger partial charge in [-0.1, -0.05) is 12.1 Å². The van der Waals surface area contributed by atoms with Crippen molar-refractivity contribution in [3.05, 3.63) is 42.2 Å². The number of aromatic nitrogens is 2. The van der Waals surface area contributed by atoms with E-state index in [1.807, 2.05) is 31.4 Å². The predicted molar refractivity (Wildman–Crippen MR) is 76.0 cm³/mol. The normalized spacial score (nSPS) is 10.2. The molecule has 106 valence electrons. The average Bonchev–Trinajstić information content (AvgIpc) is 2.84. The smallest absolute Gasteiger partial charge is 0.223 e. The molecular formula is C14H18N4O2. The second-order valence-corrected chi connectivity index (χ2v) is 4.39. The molecule has 2 rings (SSSR count). The van der Waals surface area contributed by atoms with Crippen molar-refractivity contribution < 1.29 is 9.53 Å². The molecule has 0 fully saturated rings. The molecule has 0 aliphatic heterocycles. The zero-order valence-corrected chi connectivity index (χ0v) is 11.4. The second-order valence-electron chi connectivity index (χ2n) is 4.39. The molecule has 6 nitrogen and oxygen atoms in total. The molecule has 0 bridgehead atoms. The molecule has 6 heteroatoms. The van der Waals surface area contributed by atoms with Crippen molar-refractivity contribution in [3.63, 3.8) is 0 Å². The van der Waals surface area contributed by atoms with Crippen molar-refractivity contribution in [1.29, 1.82) is 0 Å². The third-order valence-corrected chi connectivity index (χ3v) is 2.74. The van der Waals surface area contributed by atoms with E-state index in [0.29, 0.717) is 24.6 Å². The van der Waals surface area contributed by atoms with E-state index in [0.717, 1.165) is 5.69 Å². The Kier molecular flexibility index (Phi) is 4.60. The first-order valence-corrected chi connectivity index (χ1v) is 6.37. The zero-order valence-electron chi connectivity index (χ0n) is 11.4. The van der Waals surface area contributed by atoms with Crippen LogP contribution in [0.4, 0.5) is 5.69 Å². The molecule has 0 saturated carbocycles. The Morgan fingerprint density at radius 3 is 2.90 bits per heavy atom. The summed E-state index contributed by atoms with van der Waals surface area (Å²) in [5.74, 6) is 0.523. The van der Waals surface area contributed by atoms with Gasteiger partial charge in [-0.15, -0.1) is 0 Å². The number of rotatable bonds is 6. The highest BCUT2D eigenvalue weighted by Crippen LogP contribution is 2.19. The number of ether oxygens (including phenoxy) is 1. The number of nitrogens with two attached hydrogens (primary N) is 1. The van der Waals surface area contributed by atoms with Gasteiger partial charge in [-0.3, -0.25) is 9.48 Å². The fraction of sp³-hybridized carbons (Fsp3) is 0.286. The molecule has 1 heterocycles. The maximum atomic E-state index is 11.6. The number of aryl methyl sites for hydroxylation is 1. The van der Waals surface area contributed by atoms with E-state index in [4.69, 9.17) is 10.5 Å². The Morgan fingerprint density at radius 2 is 2.20 bits per heavy atom. The van der Waals surface area contributed by atoms with Gasteiger partial charge in [0.05, 0.1) is 31.0 Å². The van der Waals surface area contributed by atoms with Crippen molar-refractivity contribution in [2.24, 2.45) is 7.05 Å². The van der Waals surface area contributed by atoms with E-state index in [9.17, 15) is 4.79 Å². The van der Waals surface area contributed by atoms with E-state index in [1.54, 1.807) is 16.8 Å². The molecule has 0 spiro atoms. The van der Waals surface area contributed by atoms with Gasteiger partial charge in [-0.05, 0) is 18.2 Å². The molecule has 1 amide bonds. The van der Waals surface area contributed by atoms with Gasteiger partial charge in [0.2, 0.25) is 5.91 Å². The van der Waals surface area contributed by atoms with E-state index in [2.05, 4.69) is 10.4 Å². The van der Waals surface area contributed by atoms with Gasteiger partial charge in [-0.2, -0.15) is 5.10 Å². The van der Waals surface area contributed by atoms with E-state index >= 15 is 0 Å². The van der Waals surface area contributed by atoms with Crippen LogP contribution in [-0.2, 0) is 18.4 Å². The summed E-state index contributed by atoms with van der Waals surface area (Å²) >= 11 is 0. The molecule has 20 heavy (non-hydrogen) atoms. The SMILES string of the molecule is Cn1ccc(CNC(=O)CCOc2ccccc2N)n1. The van der Waals surface area contributed by atoms with Crippen LogP contribution in [0.2, 0.25) is 0 Å². The summed E-state index contributed by atoms with van der Waals surface area (Å²) in [6.45, 7) is 0.718. The minimum Gasteiger partial charge on any atom is -0.491 e. The van der Waals surface area contributed by atoms with Crippen LogP contribution >= 0.6 is 0 Å². The Morgan fingerprint density at radius 1 is 1.40 bits per heavy atom. The molecule has 0 aliphatic rings. The van der Waals surface area contributed by atoms with Crippen molar-refractivity contribution in [3.8, 4) is 5.75 Å². The second kappa shape index (κ2) is 6.60. The fourth-order valence-electron chi connectivity index (χ4n) is 1.70. The van der Waals surface area contributed by atoms with Crippen LogP contribution in [0.25, 0.3) is 0 Å². The summed E-state index contributed by atoms with van der Waals surface area (Å²) in [4.78, 5) is 11.6. The lowest BCUT2D eigenvalue weighted by molar-refractivity contribution is -0.121. The number of carbonyl (C=O) groups excluding carboxylic acids is 1. The standard InChI is InChI=1S/C14H18N4O2/c1-18-8-6-11(17-18)10-16-14(19)7-9-20-13-5-3-2-4-12(13)15/h2-6,8H,7,9-10,15H2,1H3,(H,16,19). The minimum absolute atomic E-state index is 0.0786. The van der Waals surface area contributed by atoms with Gasteiger partial charge in [0, 0.05) is 13.2 Å². The van der Waals surface area contributed by atoms with Crippen LogP contribution in [0.15, 0.2) is 36.5 Å². The van der Waals surface area contributed by atoms with Gasteiger partial charge in [0.15, 0.2) is 0 Å². The molecule has 0 unspecified atom stereocenters. The number of nitrogen functional groups attached to an aromatic ring is 1. The van der Waals surface area contributed by atoms with E-state index in [-0.39, 0.29) is 12.3 Å². The van der Waals surface area contributed by atoms with Gasteiger partial charge in [0.1, 0.15) is 5.75 Å². The van der Waals surface area contributed by atoms with Gasteiger partial charge < -0.3 is 15.8 Å². The summed E-state index contributed by atoms with van der Waals surface area (Å²) in [6, 6.07) is 9.08. The van der Waals surface area contributed by atoms with Crippen molar-refractivity contribution in [1.82, 2.24) is 15.1 Å². The van der Waals surface area contributed by atoms with Gasteiger partial charge >= 0.3 is 0 Å². The fourth-order valence-corrected chi connectivity index (χ4v) is 1.70. The van der Waals surface area contributed by atoms with Crippen LogP contribution in [0.3, 0.4) is 0 Å². The summed E-state index contributed by atoms with van der Waals surface area (Å²) in [5, 5.41) is 6.96. The van der Waals surface area contributed by atoms with Gasteiger partial charge in [-0.25, -0.2) is 0 Å². The Hall–Kier alpha value is -2.50. The maximum absolute atomic E-state index is 11.6. The number of hydrogen-bond acceptors (Lipinski definition) is 4. The van der Waals surface area contributed by atoms with Crippen molar-refractivity contribution in [2.75, 3.05) is 12.3 Å². The first-order valence-electron chi connectivity index (χ1n) is 6.37. The lowest BCUT2D eigenvalue weighted by atomic mass is 10.3. The van der Waals surface area contributed by atoms with Crippen molar-refractivity contribution >= 4 is 11.6 Å². The quantitative estimate of drug-likeness (QED) is 0.772. The largest absolute Gasteiger partial charge is 0.491 e. The predicted octanol–water partition coefficient (Wildman–Crippen LogP) is 1.09. The summed E-state index contributed by atoms with van der Waals surface area (Å²) in [7, 11) is 1.84. The molecule has 0 radical (unpaired) electrons. The summed E-state index contributed by atoms with van der Waals surface area (Å²) < 4.78 is 7.16. The summed E-state index contributed by atoms with van der Waals surface area (Å²) in [5.41, 5.74) is 7.14. The average molecular weight is 274 g/mol. The van der Waals surface area contributed by atoms with Crippen molar-refractivity contribution in [2.45, 2.75) is 13.0 Å². The zero-order chi connectivity index (χ0) is 14.4. The number of amides is 1. The number of carbonyl (C=O) groups is 1. The van der Waals surface area contributed by atoms with Crippen LogP contribution < -0.4 is 15.8 Å². The number of anilines is 1. The monoisotopic (exact) mass is 274 g/mol. The van der Waals surface area contributed by atoms with Gasteiger partial charge in [0.25, 0.3) is 0 Å². The van der Waals surface area contributed by atoms with Crippen LogP contribution in [0.5, 0.6) is 5.75 Å². The highest BCUT2D eigenvalue weighted by molar-refractivity contribution is 5.75. The molecular weight excluding hydrogens is 256 g/mol. The minimum atomic E-state index is -0.0786. The third-order valence-electron chi connectivity index (χ3n) is 2.74. The number of nitrogens with zero attached hydrogens (tertiary/aromatic N) is 2. The van der Waals surface area contributed by atoms with E-state index < -0.39 is 0 Å². The van der Waals surface area contributed by atoms with Crippen LogP contribution in [0.1, 0.15) is 12.1 Å². The number of hydrogen-bond donors (Lipinski definition) is 2. The number of para-hydroxylation sites is 2. The first-order chi connectivity index (χ1) is 9.65. The van der Waals surface area contributed by atoms with Crippen LogP contribution in [-0.4, -0.2) is 22.3 Å². The molecule has 1 aromatic carbocycles. The molecule has 0 atom stereocenters. The molecule has 2 aromatic rings. The highest BCUT2D eigenvalue weighted by Gasteiger charge is 2.04. The molecule has 0 aliphatic carbocycles. The van der Waals surface area contributed by atoms with E-state index in [1.165, 1.54) is 0 Å². The Balaban J connectivity index is 1.69. The highest BCUT2D eigenvalue weighted by atomic mass is 16.5. The Bertz CT molecular complexity index is 580. The summed E-state index contributed by atoms with van der Waals surface area (Å²) in [6.07, 6.45) is 2.12. The molecule has 0 saturated heterocycles. The number of benzene rings is 1. The molecule has 3 N–H and O–H groups in total. The topological polar surface area (TPSA) is 82.2 Å². The number of nitrogens with one attached hydrogen (secondary N) is 1. The maximum Gasteiger partial charge on any atom is 0.223 e. The lowest BCUT2D eigenvalue weighted by Gasteiger charge is -2.08. The third kappa shape index (κ3) is 4.01. The van der Waals surface area contributed by atoms with Crippen LogP contribution in [0, 0.1) is 0 Å².